The zero-order valence-corrected chi connectivity index (χ0v) is 16.8. The molecule has 1 N–H and O–H groups in total. The zero-order valence-electron chi connectivity index (χ0n) is 13.0. The van der Waals surface area contributed by atoms with Crippen molar-refractivity contribution in [2.75, 3.05) is 13.1 Å². The van der Waals surface area contributed by atoms with Crippen LogP contribution in [-0.2, 0) is 6.42 Å². The highest BCUT2D eigenvalue weighted by atomic mass is 127. The maximum absolute atomic E-state index is 10.5. The lowest BCUT2D eigenvalue weighted by atomic mass is 10.1. The minimum absolute atomic E-state index is 0.431. The van der Waals surface area contributed by atoms with Gasteiger partial charge < -0.3 is 5.11 Å². The maximum Gasteiger partial charge on any atom is 0.314 e. The third-order valence-electron chi connectivity index (χ3n) is 4.04. The Morgan fingerprint density at radius 2 is 1.91 bits per heavy atom. The molecule has 22 heavy (non-hydrogen) atoms. The van der Waals surface area contributed by atoms with Gasteiger partial charge >= 0.3 is 3.98 Å². The average molecular weight is 446 g/mol. The summed E-state index contributed by atoms with van der Waals surface area (Å²) in [6.07, 6.45) is 4.98. The van der Waals surface area contributed by atoms with Crippen molar-refractivity contribution in [1.29, 1.82) is 0 Å². The number of phenolic OH excluding ortho intramolecular Hbond substituents is 1. The molecule has 5 heteroatoms. The number of nitrogens with zero attached hydrogens (tertiary/aromatic N) is 1. The van der Waals surface area contributed by atoms with Gasteiger partial charge in [-0.2, -0.15) is 0 Å². The van der Waals surface area contributed by atoms with Crippen LogP contribution in [-0.4, -0.2) is 18.2 Å². The van der Waals surface area contributed by atoms with E-state index in [4.69, 9.17) is 0 Å². The van der Waals surface area contributed by atoms with Crippen LogP contribution in [0.3, 0.4) is 0 Å². The molecule has 1 aromatic heterocycles. The van der Waals surface area contributed by atoms with Gasteiger partial charge in [0.25, 0.3) is 0 Å². The Kier molecular flexibility index (Phi) is 5.24. The van der Waals surface area contributed by atoms with Crippen molar-refractivity contribution in [2.24, 2.45) is 0 Å². The lowest BCUT2D eigenvalue weighted by molar-refractivity contribution is 0.459. The van der Waals surface area contributed by atoms with Gasteiger partial charge in [-0.3, -0.25) is 0 Å². The Morgan fingerprint density at radius 3 is 2.59 bits per heavy atom. The molecular formula is C17H21INOS2+. The number of halogens is 1. The first-order chi connectivity index (χ1) is 10.6. The highest BCUT2D eigenvalue weighted by Crippen LogP contribution is 2.39. The summed E-state index contributed by atoms with van der Waals surface area (Å²) >= 11 is 5.99. The summed E-state index contributed by atoms with van der Waals surface area (Å²) in [5, 5.41) is 10.5. The summed E-state index contributed by atoms with van der Waals surface area (Å²) in [7, 11) is 0. The first kappa shape index (κ1) is 16.5. The largest absolute Gasteiger partial charge is 0.506 e. The quantitative estimate of drug-likeness (QED) is 0.529. The van der Waals surface area contributed by atoms with Gasteiger partial charge in [0.15, 0.2) is 0 Å². The Hall–Kier alpha value is -0.400. The van der Waals surface area contributed by atoms with Crippen LogP contribution in [0.1, 0.15) is 36.6 Å². The fraction of sp³-hybridized carbons (Fsp3) is 0.471. The van der Waals surface area contributed by atoms with Crippen molar-refractivity contribution in [3.05, 3.63) is 30.1 Å². The predicted octanol–water partition coefficient (Wildman–Crippen LogP) is 4.61. The second-order valence-electron chi connectivity index (χ2n) is 5.77. The van der Waals surface area contributed by atoms with E-state index in [1.54, 1.807) is 0 Å². The smallest absolute Gasteiger partial charge is 0.314 e. The van der Waals surface area contributed by atoms with Gasteiger partial charge in [-0.25, -0.2) is 4.58 Å². The van der Waals surface area contributed by atoms with Crippen molar-refractivity contribution in [3.63, 3.8) is 0 Å². The van der Waals surface area contributed by atoms with Crippen molar-refractivity contribution in [1.82, 2.24) is 4.58 Å². The van der Waals surface area contributed by atoms with Gasteiger partial charge in [0.1, 0.15) is 18.8 Å². The van der Waals surface area contributed by atoms with Crippen LogP contribution >= 0.6 is 45.3 Å². The van der Waals surface area contributed by atoms with E-state index >= 15 is 0 Å². The summed E-state index contributed by atoms with van der Waals surface area (Å²) in [5.74, 6) is 0.431. The van der Waals surface area contributed by atoms with E-state index in [1.807, 2.05) is 28.7 Å². The van der Waals surface area contributed by atoms with Crippen LogP contribution < -0.4 is 8.56 Å². The third kappa shape index (κ3) is 3.26. The number of phenols is 1. The van der Waals surface area contributed by atoms with Crippen LogP contribution in [0.4, 0.5) is 0 Å². The van der Waals surface area contributed by atoms with Crippen LogP contribution in [0.5, 0.6) is 5.75 Å². The summed E-state index contributed by atoms with van der Waals surface area (Å²) in [4.78, 5) is 2.65. The Labute approximate surface area is 153 Å². The Bertz CT molecular complexity index is 753. The van der Waals surface area contributed by atoms with E-state index in [-0.39, 0.29) is 0 Å². The van der Waals surface area contributed by atoms with E-state index in [2.05, 4.69) is 47.1 Å². The summed E-state index contributed by atoms with van der Waals surface area (Å²) in [6.45, 7) is 6.66. The monoisotopic (exact) mass is 446 g/mol. The number of hydrogen-bond acceptors (Lipinski definition) is 3. The summed E-state index contributed by atoms with van der Waals surface area (Å²) in [5.41, 5.74) is 2.21. The topological polar surface area (TPSA) is 23.2 Å². The molecule has 1 fully saturated rings. The third-order valence-corrected chi connectivity index (χ3v) is 7.77. The second kappa shape index (κ2) is 7.01. The van der Waals surface area contributed by atoms with Crippen LogP contribution in [0, 0.1) is 10.5 Å². The van der Waals surface area contributed by atoms with E-state index in [1.165, 1.54) is 51.7 Å². The normalized spacial score (nSPS) is 15.3. The van der Waals surface area contributed by atoms with Crippen molar-refractivity contribution >= 4 is 45.3 Å². The minimum Gasteiger partial charge on any atom is -0.506 e. The van der Waals surface area contributed by atoms with E-state index in [0.29, 0.717) is 5.75 Å². The van der Waals surface area contributed by atoms with Gasteiger partial charge in [0.2, 0.25) is 0 Å². The lowest BCUT2D eigenvalue weighted by Crippen LogP contribution is -2.31. The molecule has 118 valence electrons. The molecule has 2 heterocycles. The highest BCUT2D eigenvalue weighted by molar-refractivity contribution is 14.1. The number of aromatic hydroxyl groups is 1. The molecule has 1 aromatic carbocycles. The maximum atomic E-state index is 10.5. The van der Waals surface area contributed by atoms with Crippen molar-refractivity contribution < 1.29 is 5.11 Å². The molecule has 0 aliphatic carbocycles. The Morgan fingerprint density at radius 1 is 1.18 bits per heavy atom. The Balaban J connectivity index is 2.17. The first-order valence-corrected chi connectivity index (χ1v) is 10.5. The molecule has 0 unspecified atom stereocenters. The van der Waals surface area contributed by atoms with Gasteiger partial charge in [0.05, 0.1) is 8.45 Å². The fourth-order valence-corrected chi connectivity index (χ4v) is 6.50. The van der Waals surface area contributed by atoms with Crippen molar-refractivity contribution in [2.45, 2.75) is 39.5 Å². The lowest BCUT2D eigenvalue weighted by Gasteiger charge is -2.08. The van der Waals surface area contributed by atoms with Crippen LogP contribution in [0.25, 0.3) is 10.4 Å². The molecule has 0 spiro atoms. The fourth-order valence-electron chi connectivity index (χ4n) is 2.87. The standard InChI is InChI=1S/C17H20INOS2/c1-3-14-16(12-9-11(2)10-13(18)15(12)20)22-17(21-14)19-7-5-4-6-8-19/h9-10H,3-8H2,1-2H3/p+1. The number of benzene rings is 1. The zero-order chi connectivity index (χ0) is 15.7. The molecule has 1 aliphatic heterocycles. The van der Waals surface area contributed by atoms with Gasteiger partial charge in [-0.05, 0) is 60.1 Å². The van der Waals surface area contributed by atoms with E-state index < -0.39 is 0 Å². The average Bonchev–Trinajstić information content (AvgIpc) is 2.96. The molecule has 0 radical (unpaired) electrons. The minimum atomic E-state index is 0.431. The van der Waals surface area contributed by atoms with Crippen LogP contribution in [0.15, 0.2) is 12.1 Å². The molecule has 2 nitrogen and oxygen atoms in total. The highest BCUT2D eigenvalue weighted by Gasteiger charge is 2.20. The van der Waals surface area contributed by atoms with E-state index in [9.17, 15) is 5.11 Å². The van der Waals surface area contributed by atoms with E-state index in [0.717, 1.165) is 15.6 Å². The second-order valence-corrected chi connectivity index (χ2v) is 9.27. The number of hydrogen-bond donors (Lipinski definition) is 1. The molecule has 0 bridgehead atoms. The van der Waals surface area contributed by atoms with Gasteiger partial charge in [-0.1, -0.05) is 29.6 Å². The molecule has 2 aromatic rings. The number of aryl methyl sites for hydroxylation is 2. The molecule has 1 saturated heterocycles. The number of piperidine rings is 1. The van der Waals surface area contributed by atoms with Crippen LogP contribution in [0.2, 0.25) is 0 Å². The van der Waals surface area contributed by atoms with Gasteiger partial charge in [0, 0.05) is 23.3 Å². The molecule has 1 aliphatic rings. The van der Waals surface area contributed by atoms with Gasteiger partial charge in [-0.15, -0.1) is 0 Å². The SMILES string of the molecule is CCc1sc(=[N+]2CCCCC2)sc1-c1cc(C)cc(I)c1O. The predicted molar refractivity (Wildman–Crippen MR) is 105 cm³/mol. The molecule has 0 saturated carbocycles. The first-order valence-electron chi connectivity index (χ1n) is 7.80. The van der Waals surface area contributed by atoms with Crippen molar-refractivity contribution in [3.8, 4) is 16.2 Å². The molecule has 0 atom stereocenters. The molecule has 3 rings (SSSR count). The summed E-state index contributed by atoms with van der Waals surface area (Å²) < 4.78 is 4.87. The molecular weight excluding hydrogens is 425 g/mol. The molecule has 0 amide bonds. The number of rotatable bonds is 2. The summed E-state index contributed by atoms with van der Waals surface area (Å²) in [6, 6.07) is 4.16.